The first kappa shape index (κ1) is 18.9. The number of rotatable bonds is 3. The highest BCUT2D eigenvalue weighted by atomic mass is 35.5. The summed E-state index contributed by atoms with van der Waals surface area (Å²) in [6.07, 6.45) is 1.75. The molecule has 2 aliphatic rings. The standard InChI is InChI=1S/C23H21ClN4O2/c1-13(2)14-7-8-19-16(9-14)23(22(30)26-19)10-20(29)27-21-17(23)11-25-28(21)12-15-5-3-4-6-18(15)24/h3-9,11,13H,10,12H2,1-2H3,(H,26,30)(H,27,29). The van der Waals surface area contributed by atoms with Crippen LogP contribution in [0.2, 0.25) is 5.02 Å². The van der Waals surface area contributed by atoms with Crippen molar-refractivity contribution in [3.8, 4) is 0 Å². The quantitative estimate of drug-likeness (QED) is 0.663. The predicted octanol–water partition coefficient (Wildman–Crippen LogP) is 4.29. The predicted molar refractivity (Wildman–Crippen MR) is 116 cm³/mol. The van der Waals surface area contributed by atoms with Gasteiger partial charge in [0.15, 0.2) is 0 Å². The first-order chi connectivity index (χ1) is 14.4. The third-order valence-electron chi connectivity index (χ3n) is 6.07. The Labute approximate surface area is 179 Å². The Bertz CT molecular complexity index is 1200. The average Bonchev–Trinajstić information content (AvgIpc) is 3.23. The fourth-order valence-corrected chi connectivity index (χ4v) is 4.62. The minimum atomic E-state index is -1.07. The summed E-state index contributed by atoms with van der Waals surface area (Å²) in [6, 6.07) is 13.5. The van der Waals surface area contributed by atoms with E-state index in [1.54, 1.807) is 10.9 Å². The summed E-state index contributed by atoms with van der Waals surface area (Å²) in [5.41, 5.74) is 3.25. The lowest BCUT2D eigenvalue weighted by atomic mass is 9.71. The second kappa shape index (κ2) is 6.71. The van der Waals surface area contributed by atoms with Crippen LogP contribution in [0.1, 0.15) is 48.4 Å². The van der Waals surface area contributed by atoms with Crippen molar-refractivity contribution in [2.24, 2.45) is 0 Å². The lowest BCUT2D eigenvalue weighted by molar-refractivity contribution is -0.125. The van der Waals surface area contributed by atoms with Crippen molar-refractivity contribution in [1.29, 1.82) is 0 Å². The third-order valence-corrected chi connectivity index (χ3v) is 6.44. The smallest absolute Gasteiger partial charge is 0.240 e. The van der Waals surface area contributed by atoms with Gasteiger partial charge < -0.3 is 10.6 Å². The molecule has 3 aromatic rings. The molecule has 0 bridgehead atoms. The molecule has 3 heterocycles. The molecule has 5 rings (SSSR count). The molecule has 2 amide bonds. The van der Waals surface area contributed by atoms with E-state index in [0.717, 1.165) is 22.4 Å². The number of hydrogen-bond acceptors (Lipinski definition) is 3. The third kappa shape index (κ3) is 2.67. The summed E-state index contributed by atoms with van der Waals surface area (Å²) in [6.45, 7) is 4.62. The molecule has 1 atom stereocenters. The van der Waals surface area contributed by atoms with Gasteiger partial charge in [-0.2, -0.15) is 5.10 Å². The monoisotopic (exact) mass is 420 g/mol. The van der Waals surface area contributed by atoms with Gasteiger partial charge in [-0.1, -0.05) is 55.8 Å². The molecule has 1 spiro atoms. The van der Waals surface area contributed by atoms with Crippen LogP contribution in [0.5, 0.6) is 0 Å². The van der Waals surface area contributed by atoms with E-state index in [1.807, 2.05) is 42.5 Å². The number of fused-ring (bicyclic) bond motifs is 4. The highest BCUT2D eigenvalue weighted by Gasteiger charge is 2.54. The number of aromatic nitrogens is 2. The first-order valence-corrected chi connectivity index (χ1v) is 10.3. The number of nitrogens with zero attached hydrogens (tertiary/aromatic N) is 2. The Morgan fingerprint density at radius 3 is 2.70 bits per heavy atom. The molecule has 7 heteroatoms. The van der Waals surface area contributed by atoms with Crippen molar-refractivity contribution in [3.05, 3.63) is 75.9 Å². The number of hydrogen-bond donors (Lipinski definition) is 2. The van der Waals surface area contributed by atoms with Gasteiger partial charge in [-0.25, -0.2) is 4.68 Å². The molecule has 152 valence electrons. The van der Waals surface area contributed by atoms with Crippen molar-refractivity contribution in [2.45, 2.75) is 38.1 Å². The van der Waals surface area contributed by atoms with E-state index in [1.165, 1.54) is 0 Å². The molecule has 2 N–H and O–H groups in total. The molecule has 0 fully saturated rings. The van der Waals surface area contributed by atoms with Crippen LogP contribution >= 0.6 is 11.6 Å². The van der Waals surface area contributed by atoms with Gasteiger partial charge in [-0.15, -0.1) is 0 Å². The summed E-state index contributed by atoms with van der Waals surface area (Å²) in [5, 5.41) is 11.0. The summed E-state index contributed by atoms with van der Waals surface area (Å²) < 4.78 is 1.70. The zero-order valence-electron chi connectivity index (χ0n) is 16.7. The number of nitrogens with one attached hydrogen (secondary N) is 2. The molecule has 30 heavy (non-hydrogen) atoms. The van der Waals surface area contributed by atoms with Crippen LogP contribution in [0.25, 0.3) is 0 Å². The molecule has 0 radical (unpaired) electrons. The Morgan fingerprint density at radius 2 is 1.93 bits per heavy atom. The van der Waals surface area contributed by atoms with Crippen LogP contribution < -0.4 is 10.6 Å². The maximum Gasteiger partial charge on any atom is 0.240 e. The molecule has 2 aliphatic heterocycles. The van der Waals surface area contributed by atoms with E-state index in [-0.39, 0.29) is 18.2 Å². The van der Waals surface area contributed by atoms with Crippen molar-refractivity contribution in [1.82, 2.24) is 9.78 Å². The maximum atomic E-state index is 13.3. The number of halogens is 1. The van der Waals surface area contributed by atoms with Crippen molar-refractivity contribution < 1.29 is 9.59 Å². The van der Waals surface area contributed by atoms with Gasteiger partial charge >= 0.3 is 0 Å². The molecule has 0 saturated heterocycles. The van der Waals surface area contributed by atoms with Crippen LogP contribution in [-0.4, -0.2) is 21.6 Å². The van der Waals surface area contributed by atoms with E-state index >= 15 is 0 Å². The zero-order chi connectivity index (χ0) is 21.0. The van der Waals surface area contributed by atoms with Crippen LogP contribution in [-0.2, 0) is 21.5 Å². The topological polar surface area (TPSA) is 76.0 Å². The van der Waals surface area contributed by atoms with Crippen LogP contribution in [0, 0.1) is 0 Å². The summed E-state index contributed by atoms with van der Waals surface area (Å²) >= 11 is 6.32. The lowest BCUT2D eigenvalue weighted by Gasteiger charge is -2.32. The lowest BCUT2D eigenvalue weighted by Crippen LogP contribution is -2.43. The Kier molecular flexibility index (Phi) is 4.22. The van der Waals surface area contributed by atoms with Crippen LogP contribution in [0.4, 0.5) is 11.5 Å². The van der Waals surface area contributed by atoms with Crippen molar-refractivity contribution in [3.63, 3.8) is 0 Å². The summed E-state index contributed by atoms with van der Waals surface area (Å²) in [4.78, 5) is 26.0. The van der Waals surface area contributed by atoms with Gasteiger partial charge in [0.05, 0.1) is 12.7 Å². The normalized spacial score (nSPS) is 19.6. The average molecular weight is 421 g/mol. The van der Waals surface area contributed by atoms with E-state index < -0.39 is 5.41 Å². The summed E-state index contributed by atoms with van der Waals surface area (Å²) in [7, 11) is 0. The molecule has 0 aliphatic carbocycles. The van der Waals surface area contributed by atoms with Gasteiger partial charge in [-0.3, -0.25) is 9.59 Å². The van der Waals surface area contributed by atoms with Gasteiger partial charge in [0.25, 0.3) is 0 Å². The second-order valence-corrected chi connectivity index (χ2v) is 8.61. The molecule has 1 unspecified atom stereocenters. The fourth-order valence-electron chi connectivity index (χ4n) is 4.43. The summed E-state index contributed by atoms with van der Waals surface area (Å²) in [5.74, 6) is 0.458. The minimum absolute atomic E-state index is 0.0537. The number of benzene rings is 2. The fraction of sp³-hybridized carbons (Fsp3) is 0.261. The number of anilines is 2. The van der Waals surface area contributed by atoms with Gasteiger partial charge in [0.2, 0.25) is 11.8 Å². The van der Waals surface area contributed by atoms with Crippen LogP contribution in [0.3, 0.4) is 0 Å². The Morgan fingerprint density at radius 1 is 1.13 bits per heavy atom. The number of carbonyl (C=O) groups is 2. The number of carbonyl (C=O) groups excluding carboxylic acids is 2. The second-order valence-electron chi connectivity index (χ2n) is 8.20. The highest BCUT2D eigenvalue weighted by Crippen LogP contribution is 2.50. The van der Waals surface area contributed by atoms with E-state index in [0.29, 0.717) is 28.9 Å². The molecule has 1 aromatic heterocycles. The van der Waals surface area contributed by atoms with E-state index in [2.05, 4.69) is 29.6 Å². The van der Waals surface area contributed by atoms with Gasteiger partial charge in [-0.05, 0) is 34.7 Å². The molecular formula is C23H21ClN4O2. The molecule has 2 aromatic carbocycles. The SMILES string of the molecule is CC(C)c1ccc2c(c1)C1(CC(=O)Nc3c1cnn3Cc1ccccc1Cl)C(=O)N2. The van der Waals surface area contributed by atoms with Crippen LogP contribution in [0.15, 0.2) is 48.7 Å². The van der Waals surface area contributed by atoms with Gasteiger partial charge in [0, 0.05) is 22.7 Å². The molecule has 6 nitrogen and oxygen atoms in total. The van der Waals surface area contributed by atoms with Gasteiger partial charge in [0.1, 0.15) is 11.2 Å². The Hall–Kier alpha value is -3.12. The number of amides is 2. The minimum Gasteiger partial charge on any atom is -0.325 e. The maximum absolute atomic E-state index is 13.3. The highest BCUT2D eigenvalue weighted by molar-refractivity contribution is 6.31. The molecule has 0 saturated carbocycles. The Balaban J connectivity index is 1.67. The van der Waals surface area contributed by atoms with Crippen molar-refractivity contribution in [2.75, 3.05) is 10.6 Å². The first-order valence-electron chi connectivity index (χ1n) is 9.95. The zero-order valence-corrected chi connectivity index (χ0v) is 17.5. The van der Waals surface area contributed by atoms with Crippen molar-refractivity contribution >= 4 is 34.9 Å². The molecular weight excluding hydrogens is 400 g/mol. The van der Waals surface area contributed by atoms with E-state index in [4.69, 9.17) is 11.6 Å². The van der Waals surface area contributed by atoms with E-state index in [9.17, 15) is 9.59 Å². The largest absolute Gasteiger partial charge is 0.325 e.